The SMILES string of the molecule is Cl.O=C(CC1CCNCC1)N1CCCC1c1ccccc1Cl. The molecule has 1 atom stereocenters. The van der Waals surface area contributed by atoms with Crippen LogP contribution in [0.2, 0.25) is 5.02 Å². The summed E-state index contributed by atoms with van der Waals surface area (Å²) in [7, 11) is 0. The molecule has 0 spiro atoms. The number of carbonyl (C=O) groups excluding carboxylic acids is 1. The van der Waals surface area contributed by atoms with Crippen molar-refractivity contribution in [3.63, 3.8) is 0 Å². The highest BCUT2D eigenvalue weighted by Gasteiger charge is 2.32. The molecule has 22 heavy (non-hydrogen) atoms. The van der Waals surface area contributed by atoms with Crippen LogP contribution in [-0.4, -0.2) is 30.4 Å². The molecule has 1 N–H and O–H groups in total. The molecule has 0 aromatic heterocycles. The van der Waals surface area contributed by atoms with Gasteiger partial charge in [-0.1, -0.05) is 29.8 Å². The molecule has 1 unspecified atom stereocenters. The van der Waals surface area contributed by atoms with Gasteiger partial charge >= 0.3 is 0 Å². The lowest BCUT2D eigenvalue weighted by Crippen LogP contribution is -2.35. The Morgan fingerprint density at radius 2 is 1.95 bits per heavy atom. The molecule has 5 heteroatoms. The molecule has 1 aromatic carbocycles. The molecule has 0 saturated carbocycles. The average molecular weight is 343 g/mol. The maximum atomic E-state index is 12.7. The van der Waals surface area contributed by atoms with E-state index in [1.165, 1.54) is 0 Å². The van der Waals surface area contributed by atoms with E-state index in [4.69, 9.17) is 11.6 Å². The molecule has 1 aromatic rings. The van der Waals surface area contributed by atoms with Gasteiger partial charge in [0.25, 0.3) is 0 Å². The van der Waals surface area contributed by atoms with Crippen molar-refractivity contribution < 1.29 is 4.79 Å². The number of rotatable bonds is 3. The largest absolute Gasteiger partial charge is 0.336 e. The highest BCUT2D eigenvalue weighted by atomic mass is 35.5. The Kier molecular flexibility index (Phi) is 6.54. The van der Waals surface area contributed by atoms with Gasteiger partial charge in [-0.15, -0.1) is 12.4 Å². The molecule has 1 amide bonds. The number of halogens is 2. The van der Waals surface area contributed by atoms with Crippen LogP contribution in [0.3, 0.4) is 0 Å². The van der Waals surface area contributed by atoms with Gasteiger partial charge in [0.05, 0.1) is 6.04 Å². The number of carbonyl (C=O) groups is 1. The van der Waals surface area contributed by atoms with Gasteiger partial charge < -0.3 is 10.2 Å². The Hall–Kier alpha value is -0.770. The number of hydrogen-bond acceptors (Lipinski definition) is 2. The summed E-state index contributed by atoms with van der Waals surface area (Å²) in [6.45, 7) is 2.97. The summed E-state index contributed by atoms with van der Waals surface area (Å²) < 4.78 is 0. The van der Waals surface area contributed by atoms with E-state index in [0.29, 0.717) is 18.2 Å². The van der Waals surface area contributed by atoms with Crippen LogP contribution in [0.15, 0.2) is 24.3 Å². The van der Waals surface area contributed by atoms with E-state index < -0.39 is 0 Å². The molecular weight excluding hydrogens is 319 g/mol. The van der Waals surface area contributed by atoms with Gasteiger partial charge in [-0.2, -0.15) is 0 Å². The van der Waals surface area contributed by atoms with Gasteiger partial charge in [-0.05, 0) is 56.3 Å². The number of likely N-dealkylation sites (tertiary alicyclic amines) is 1. The van der Waals surface area contributed by atoms with Gasteiger partial charge in [-0.3, -0.25) is 4.79 Å². The molecule has 2 fully saturated rings. The van der Waals surface area contributed by atoms with Gasteiger partial charge in [0.15, 0.2) is 0 Å². The monoisotopic (exact) mass is 342 g/mol. The van der Waals surface area contributed by atoms with Crippen molar-refractivity contribution in [1.82, 2.24) is 10.2 Å². The third kappa shape index (κ3) is 3.95. The third-order valence-corrected chi connectivity index (χ3v) is 5.10. The number of nitrogens with zero attached hydrogens (tertiary/aromatic N) is 1. The number of nitrogens with one attached hydrogen (secondary N) is 1. The van der Waals surface area contributed by atoms with Gasteiger partial charge in [0, 0.05) is 18.0 Å². The molecule has 0 bridgehead atoms. The minimum Gasteiger partial charge on any atom is -0.336 e. The predicted octanol–water partition coefficient (Wildman–Crippen LogP) is 3.82. The van der Waals surface area contributed by atoms with Crippen LogP contribution < -0.4 is 5.32 Å². The summed E-state index contributed by atoms with van der Waals surface area (Å²) >= 11 is 6.32. The average Bonchev–Trinajstić information content (AvgIpc) is 2.98. The molecule has 2 aliphatic rings. The minimum atomic E-state index is 0. The first kappa shape index (κ1) is 17.6. The third-order valence-electron chi connectivity index (χ3n) is 4.76. The molecule has 122 valence electrons. The van der Waals surface area contributed by atoms with Crippen LogP contribution >= 0.6 is 24.0 Å². The molecule has 2 saturated heterocycles. The smallest absolute Gasteiger partial charge is 0.223 e. The number of piperidine rings is 1. The fraction of sp³-hybridized carbons (Fsp3) is 0.588. The van der Waals surface area contributed by atoms with E-state index in [9.17, 15) is 4.79 Å². The van der Waals surface area contributed by atoms with Crippen LogP contribution in [0.4, 0.5) is 0 Å². The molecule has 2 aliphatic heterocycles. The predicted molar refractivity (Wildman–Crippen MR) is 92.6 cm³/mol. The van der Waals surface area contributed by atoms with Crippen molar-refractivity contribution in [3.8, 4) is 0 Å². The van der Waals surface area contributed by atoms with E-state index in [0.717, 1.165) is 55.9 Å². The van der Waals surface area contributed by atoms with Crippen LogP contribution in [-0.2, 0) is 4.79 Å². The Morgan fingerprint density at radius 1 is 1.23 bits per heavy atom. The van der Waals surface area contributed by atoms with Crippen molar-refractivity contribution in [2.45, 2.75) is 38.1 Å². The van der Waals surface area contributed by atoms with Crippen molar-refractivity contribution in [3.05, 3.63) is 34.9 Å². The first-order valence-corrected chi connectivity index (χ1v) is 8.38. The van der Waals surface area contributed by atoms with Gasteiger partial charge in [0.2, 0.25) is 5.91 Å². The summed E-state index contributed by atoms with van der Waals surface area (Å²) in [5.41, 5.74) is 1.11. The maximum Gasteiger partial charge on any atom is 0.223 e. The Bertz CT molecular complexity index is 503. The zero-order valence-corrected chi connectivity index (χ0v) is 14.3. The van der Waals surface area contributed by atoms with Crippen LogP contribution in [0.5, 0.6) is 0 Å². The van der Waals surface area contributed by atoms with Gasteiger partial charge in [0.1, 0.15) is 0 Å². The molecule has 2 heterocycles. The van der Waals surface area contributed by atoms with Crippen molar-refractivity contribution in [1.29, 1.82) is 0 Å². The first-order chi connectivity index (χ1) is 10.3. The fourth-order valence-electron chi connectivity index (χ4n) is 3.58. The highest BCUT2D eigenvalue weighted by molar-refractivity contribution is 6.31. The molecule has 3 rings (SSSR count). The topological polar surface area (TPSA) is 32.3 Å². The van der Waals surface area contributed by atoms with Crippen molar-refractivity contribution in [2.24, 2.45) is 5.92 Å². The van der Waals surface area contributed by atoms with E-state index in [1.54, 1.807) is 0 Å². The lowest BCUT2D eigenvalue weighted by atomic mass is 9.93. The van der Waals surface area contributed by atoms with E-state index in [-0.39, 0.29) is 18.4 Å². The van der Waals surface area contributed by atoms with Crippen LogP contribution in [0, 0.1) is 5.92 Å². The van der Waals surface area contributed by atoms with Crippen molar-refractivity contribution in [2.75, 3.05) is 19.6 Å². The normalized spacial score (nSPS) is 22.4. The summed E-state index contributed by atoms with van der Waals surface area (Å²) in [6, 6.07) is 8.11. The zero-order chi connectivity index (χ0) is 14.7. The molecular formula is C17H24Cl2N2O. The number of hydrogen-bond donors (Lipinski definition) is 1. The van der Waals surface area contributed by atoms with E-state index >= 15 is 0 Å². The number of amides is 1. The maximum absolute atomic E-state index is 12.7. The second-order valence-electron chi connectivity index (χ2n) is 6.16. The van der Waals surface area contributed by atoms with E-state index in [2.05, 4.69) is 16.3 Å². The summed E-state index contributed by atoms with van der Waals surface area (Å²) in [4.78, 5) is 14.7. The first-order valence-electron chi connectivity index (χ1n) is 8.00. The van der Waals surface area contributed by atoms with Gasteiger partial charge in [-0.25, -0.2) is 0 Å². The Labute approximate surface area is 143 Å². The Morgan fingerprint density at radius 3 is 2.68 bits per heavy atom. The Balaban J connectivity index is 0.00000176. The number of benzene rings is 1. The zero-order valence-electron chi connectivity index (χ0n) is 12.8. The minimum absolute atomic E-state index is 0. The summed E-state index contributed by atoms with van der Waals surface area (Å²) in [5, 5.41) is 4.14. The highest BCUT2D eigenvalue weighted by Crippen LogP contribution is 2.36. The standard InChI is InChI=1S/C17H23ClN2O.ClH/c18-15-5-2-1-4-14(15)16-6-3-11-20(16)17(21)12-13-7-9-19-10-8-13;/h1-2,4-5,13,16,19H,3,6-12H2;1H. The van der Waals surface area contributed by atoms with Crippen LogP contribution in [0.1, 0.15) is 43.7 Å². The second-order valence-corrected chi connectivity index (χ2v) is 6.57. The molecule has 0 radical (unpaired) electrons. The lowest BCUT2D eigenvalue weighted by molar-refractivity contribution is -0.133. The summed E-state index contributed by atoms with van der Waals surface area (Å²) in [6.07, 6.45) is 5.05. The summed E-state index contributed by atoms with van der Waals surface area (Å²) in [5.74, 6) is 0.857. The molecule has 3 nitrogen and oxygen atoms in total. The quantitative estimate of drug-likeness (QED) is 0.905. The lowest BCUT2D eigenvalue weighted by Gasteiger charge is -2.29. The fourth-order valence-corrected chi connectivity index (χ4v) is 3.85. The molecule has 0 aliphatic carbocycles. The second kappa shape index (κ2) is 8.19. The van der Waals surface area contributed by atoms with Crippen molar-refractivity contribution >= 4 is 29.9 Å². The van der Waals surface area contributed by atoms with E-state index in [1.807, 2.05) is 18.2 Å². The van der Waals surface area contributed by atoms with Crippen LogP contribution in [0.25, 0.3) is 0 Å².